The van der Waals surface area contributed by atoms with Gasteiger partial charge in [-0.25, -0.2) is 9.07 Å². The van der Waals surface area contributed by atoms with Gasteiger partial charge >= 0.3 is 0 Å². The van der Waals surface area contributed by atoms with Gasteiger partial charge in [0.1, 0.15) is 11.5 Å². The first-order valence-corrected chi connectivity index (χ1v) is 6.82. The number of para-hydroxylation sites is 1. The zero-order valence-corrected chi connectivity index (χ0v) is 12.1. The number of nitrogens with two attached hydrogens (primary N) is 1. The van der Waals surface area contributed by atoms with E-state index in [1.54, 1.807) is 16.8 Å². The molecule has 0 bridgehead atoms. The monoisotopic (exact) mass is 301 g/mol. The Bertz CT molecular complexity index is 797. The SMILES string of the molecule is Cc1c(-c2cccc(Cl)c2F)nn(-c2ccccc2)c1N. The van der Waals surface area contributed by atoms with Crippen molar-refractivity contribution in [1.29, 1.82) is 0 Å². The van der Waals surface area contributed by atoms with Crippen LogP contribution in [-0.4, -0.2) is 9.78 Å². The van der Waals surface area contributed by atoms with Gasteiger partial charge in [0.2, 0.25) is 0 Å². The zero-order chi connectivity index (χ0) is 15.0. The highest BCUT2D eigenvalue weighted by Crippen LogP contribution is 2.32. The summed E-state index contributed by atoms with van der Waals surface area (Å²) in [4.78, 5) is 0. The van der Waals surface area contributed by atoms with Gasteiger partial charge in [-0.3, -0.25) is 0 Å². The van der Waals surface area contributed by atoms with Gasteiger partial charge in [0, 0.05) is 11.1 Å². The van der Waals surface area contributed by atoms with Crippen molar-refractivity contribution < 1.29 is 4.39 Å². The van der Waals surface area contributed by atoms with E-state index in [1.807, 2.05) is 37.3 Å². The molecule has 3 aromatic rings. The van der Waals surface area contributed by atoms with Crippen LogP contribution < -0.4 is 5.73 Å². The number of hydrogen-bond donors (Lipinski definition) is 1. The highest BCUT2D eigenvalue weighted by Gasteiger charge is 2.18. The molecule has 2 N–H and O–H groups in total. The Labute approximate surface area is 126 Å². The average molecular weight is 302 g/mol. The second-order valence-electron chi connectivity index (χ2n) is 4.71. The fourth-order valence-corrected chi connectivity index (χ4v) is 2.39. The van der Waals surface area contributed by atoms with Gasteiger partial charge in [-0.2, -0.15) is 5.10 Å². The largest absolute Gasteiger partial charge is 0.383 e. The summed E-state index contributed by atoms with van der Waals surface area (Å²) in [5, 5.41) is 4.51. The molecule has 0 amide bonds. The number of hydrogen-bond acceptors (Lipinski definition) is 2. The maximum Gasteiger partial charge on any atom is 0.151 e. The minimum Gasteiger partial charge on any atom is -0.383 e. The van der Waals surface area contributed by atoms with E-state index in [0.29, 0.717) is 17.1 Å². The first-order chi connectivity index (χ1) is 10.1. The second-order valence-corrected chi connectivity index (χ2v) is 5.11. The van der Waals surface area contributed by atoms with Gasteiger partial charge in [-0.15, -0.1) is 0 Å². The predicted octanol–water partition coefficient (Wildman–Crippen LogP) is 4.22. The number of nitrogen functional groups attached to an aromatic ring is 1. The lowest BCUT2D eigenvalue weighted by atomic mass is 10.1. The van der Waals surface area contributed by atoms with Gasteiger partial charge < -0.3 is 5.73 Å². The van der Waals surface area contributed by atoms with E-state index < -0.39 is 5.82 Å². The van der Waals surface area contributed by atoms with Crippen molar-refractivity contribution in [2.45, 2.75) is 6.92 Å². The summed E-state index contributed by atoms with van der Waals surface area (Å²) in [5.41, 5.74) is 8.50. The summed E-state index contributed by atoms with van der Waals surface area (Å²) in [6.07, 6.45) is 0. The Morgan fingerprint density at radius 1 is 1.10 bits per heavy atom. The summed E-state index contributed by atoms with van der Waals surface area (Å²) in [6, 6.07) is 14.3. The molecule has 1 heterocycles. The van der Waals surface area contributed by atoms with Crippen LogP contribution in [-0.2, 0) is 0 Å². The molecule has 5 heteroatoms. The number of halogens is 2. The molecule has 0 aliphatic heterocycles. The molecule has 0 aliphatic rings. The highest BCUT2D eigenvalue weighted by molar-refractivity contribution is 6.31. The smallest absolute Gasteiger partial charge is 0.151 e. The van der Waals surface area contributed by atoms with Crippen molar-refractivity contribution in [3.63, 3.8) is 0 Å². The third kappa shape index (κ3) is 2.28. The summed E-state index contributed by atoms with van der Waals surface area (Å²) < 4.78 is 15.8. The summed E-state index contributed by atoms with van der Waals surface area (Å²) in [7, 11) is 0. The fraction of sp³-hybridized carbons (Fsp3) is 0.0625. The molecule has 0 radical (unpaired) electrons. The van der Waals surface area contributed by atoms with Crippen LogP contribution >= 0.6 is 11.6 Å². The number of rotatable bonds is 2. The number of nitrogens with zero attached hydrogens (tertiary/aromatic N) is 2. The third-order valence-electron chi connectivity index (χ3n) is 3.38. The van der Waals surface area contributed by atoms with Gasteiger partial charge in [-0.1, -0.05) is 35.9 Å². The van der Waals surface area contributed by atoms with Crippen molar-refractivity contribution >= 4 is 17.4 Å². The van der Waals surface area contributed by atoms with Crippen molar-refractivity contribution in [2.24, 2.45) is 0 Å². The Morgan fingerprint density at radius 2 is 1.81 bits per heavy atom. The molecule has 0 unspecified atom stereocenters. The Morgan fingerprint density at radius 3 is 2.52 bits per heavy atom. The lowest BCUT2D eigenvalue weighted by Crippen LogP contribution is -2.01. The topological polar surface area (TPSA) is 43.8 Å². The van der Waals surface area contributed by atoms with E-state index in [1.165, 1.54) is 6.07 Å². The van der Waals surface area contributed by atoms with Crippen LogP contribution in [0.4, 0.5) is 10.2 Å². The molecule has 0 fully saturated rings. The van der Waals surface area contributed by atoms with Gasteiger partial charge in [0.25, 0.3) is 0 Å². The molecule has 3 rings (SSSR count). The number of benzene rings is 2. The molecule has 3 nitrogen and oxygen atoms in total. The molecule has 0 saturated carbocycles. The summed E-state index contributed by atoms with van der Waals surface area (Å²) in [6.45, 7) is 1.82. The van der Waals surface area contributed by atoms with Crippen molar-refractivity contribution in [1.82, 2.24) is 9.78 Å². The fourth-order valence-electron chi connectivity index (χ4n) is 2.22. The van der Waals surface area contributed by atoms with Crippen LogP contribution in [0.2, 0.25) is 5.02 Å². The number of anilines is 1. The maximum absolute atomic E-state index is 14.2. The van der Waals surface area contributed by atoms with Gasteiger partial charge in [-0.05, 0) is 31.2 Å². The van der Waals surface area contributed by atoms with Crippen LogP contribution in [0.5, 0.6) is 0 Å². The van der Waals surface area contributed by atoms with Gasteiger partial charge in [0.15, 0.2) is 5.82 Å². The van der Waals surface area contributed by atoms with E-state index >= 15 is 0 Å². The summed E-state index contributed by atoms with van der Waals surface area (Å²) >= 11 is 5.84. The van der Waals surface area contributed by atoms with Crippen LogP contribution in [0.15, 0.2) is 48.5 Å². The predicted molar refractivity (Wildman–Crippen MR) is 83.1 cm³/mol. The van der Waals surface area contributed by atoms with Crippen molar-refractivity contribution in [3.8, 4) is 16.9 Å². The first kappa shape index (κ1) is 13.6. The highest BCUT2D eigenvalue weighted by atomic mass is 35.5. The first-order valence-electron chi connectivity index (χ1n) is 6.44. The van der Waals surface area contributed by atoms with E-state index in [2.05, 4.69) is 5.10 Å². The molecular weight excluding hydrogens is 289 g/mol. The maximum atomic E-state index is 14.2. The van der Waals surface area contributed by atoms with Gasteiger partial charge in [0.05, 0.1) is 10.7 Å². The van der Waals surface area contributed by atoms with Crippen LogP contribution in [0.3, 0.4) is 0 Å². The molecule has 0 saturated heterocycles. The van der Waals surface area contributed by atoms with Crippen LogP contribution in [0.25, 0.3) is 16.9 Å². The molecule has 21 heavy (non-hydrogen) atoms. The van der Waals surface area contributed by atoms with Crippen LogP contribution in [0, 0.1) is 12.7 Å². The molecular formula is C16H13ClFN3. The van der Waals surface area contributed by atoms with E-state index in [9.17, 15) is 4.39 Å². The molecule has 1 aromatic heterocycles. The third-order valence-corrected chi connectivity index (χ3v) is 3.67. The summed E-state index contributed by atoms with van der Waals surface area (Å²) in [5.74, 6) is -0.00412. The second kappa shape index (κ2) is 5.22. The van der Waals surface area contributed by atoms with Crippen LogP contribution in [0.1, 0.15) is 5.56 Å². The Balaban J connectivity index is 2.20. The lowest BCUT2D eigenvalue weighted by Gasteiger charge is -2.03. The van der Waals surface area contributed by atoms with E-state index in [-0.39, 0.29) is 5.02 Å². The quantitative estimate of drug-likeness (QED) is 0.770. The zero-order valence-electron chi connectivity index (χ0n) is 11.3. The molecule has 0 spiro atoms. The van der Waals surface area contributed by atoms with Crippen molar-refractivity contribution in [3.05, 3.63) is 64.9 Å². The van der Waals surface area contributed by atoms with E-state index in [4.69, 9.17) is 17.3 Å². The minimum atomic E-state index is -0.486. The molecule has 106 valence electrons. The van der Waals surface area contributed by atoms with Crippen molar-refractivity contribution in [2.75, 3.05) is 5.73 Å². The molecule has 0 atom stereocenters. The average Bonchev–Trinajstić information content (AvgIpc) is 2.79. The number of aromatic nitrogens is 2. The standard InChI is InChI=1S/C16H13ClFN3/c1-10-15(12-8-5-9-13(17)14(12)18)20-21(16(10)19)11-6-3-2-4-7-11/h2-9H,19H2,1H3. The normalized spacial score (nSPS) is 10.8. The lowest BCUT2D eigenvalue weighted by molar-refractivity contribution is 0.630. The van der Waals surface area contributed by atoms with E-state index in [0.717, 1.165) is 11.3 Å². The minimum absolute atomic E-state index is 0.0692. The molecule has 0 aliphatic carbocycles. The Hall–Kier alpha value is -2.33. The molecule has 2 aromatic carbocycles. The Kier molecular flexibility index (Phi) is 3.39.